The Morgan fingerprint density at radius 1 is 1.31 bits per heavy atom. The Morgan fingerprint density at radius 2 is 1.96 bits per heavy atom. The van der Waals surface area contributed by atoms with Crippen LogP contribution in [0.2, 0.25) is 0 Å². The number of hydrogen-bond donors (Lipinski definition) is 2. The number of sulfonamides is 1. The van der Waals surface area contributed by atoms with E-state index >= 15 is 0 Å². The molecule has 1 saturated heterocycles. The van der Waals surface area contributed by atoms with E-state index in [4.69, 9.17) is 10.5 Å². The van der Waals surface area contributed by atoms with Crippen molar-refractivity contribution in [2.75, 3.05) is 26.3 Å². The van der Waals surface area contributed by atoms with Gasteiger partial charge in [-0.15, -0.1) is 0 Å². The average Bonchev–Trinajstić information content (AvgIpc) is 2.60. The van der Waals surface area contributed by atoms with Gasteiger partial charge < -0.3 is 10.5 Å². The van der Waals surface area contributed by atoms with Crippen LogP contribution in [-0.2, 0) is 19.6 Å². The standard InChI is InChI=1S/C15H22N4O5S2/c1-10(2)13(14(20)18-15(16)21)25-12-4-3-11(9-17-12)26(22,23)19-5-7-24-8-6-19/h3-4,9-10,13H,5-8H2,1-2H3,(H3,16,18,20,21)/t13-/m1/s1. The van der Waals surface area contributed by atoms with Crippen molar-refractivity contribution in [2.45, 2.75) is 29.0 Å². The molecule has 3 amide bonds. The number of amides is 3. The average molecular weight is 402 g/mol. The summed E-state index contributed by atoms with van der Waals surface area (Å²) in [6.07, 6.45) is 1.27. The number of nitrogens with zero attached hydrogens (tertiary/aromatic N) is 2. The molecule has 0 unspecified atom stereocenters. The van der Waals surface area contributed by atoms with Crippen LogP contribution in [0.5, 0.6) is 0 Å². The summed E-state index contributed by atoms with van der Waals surface area (Å²) in [6, 6.07) is 2.09. The molecule has 1 aliphatic heterocycles. The molecule has 144 valence electrons. The van der Waals surface area contributed by atoms with Crippen molar-refractivity contribution in [1.82, 2.24) is 14.6 Å². The number of nitrogens with two attached hydrogens (primary N) is 1. The third-order valence-corrected chi connectivity index (χ3v) is 7.05. The number of imide groups is 1. The second kappa shape index (κ2) is 8.80. The molecular weight excluding hydrogens is 380 g/mol. The highest BCUT2D eigenvalue weighted by Crippen LogP contribution is 2.28. The molecule has 26 heavy (non-hydrogen) atoms. The van der Waals surface area contributed by atoms with Crippen LogP contribution in [0.15, 0.2) is 28.3 Å². The van der Waals surface area contributed by atoms with Gasteiger partial charge in [0.1, 0.15) is 4.90 Å². The minimum atomic E-state index is -3.61. The highest BCUT2D eigenvalue weighted by Gasteiger charge is 2.28. The summed E-state index contributed by atoms with van der Waals surface area (Å²) >= 11 is 1.14. The smallest absolute Gasteiger partial charge is 0.318 e. The van der Waals surface area contributed by atoms with Crippen LogP contribution in [0.25, 0.3) is 0 Å². The number of pyridine rings is 1. The Balaban J connectivity index is 2.12. The van der Waals surface area contributed by atoms with Gasteiger partial charge in [-0.2, -0.15) is 4.31 Å². The second-order valence-corrected chi connectivity index (χ2v) is 9.08. The van der Waals surface area contributed by atoms with E-state index in [2.05, 4.69) is 10.3 Å². The van der Waals surface area contributed by atoms with Gasteiger partial charge in [-0.25, -0.2) is 18.2 Å². The summed E-state index contributed by atoms with van der Waals surface area (Å²) < 4.78 is 31.7. The normalized spacial score (nSPS) is 17.0. The monoisotopic (exact) mass is 402 g/mol. The summed E-state index contributed by atoms with van der Waals surface area (Å²) in [5, 5.41) is 1.95. The number of primary amides is 1. The summed E-state index contributed by atoms with van der Waals surface area (Å²) in [7, 11) is -3.61. The summed E-state index contributed by atoms with van der Waals surface area (Å²) in [5.41, 5.74) is 4.99. The van der Waals surface area contributed by atoms with E-state index in [1.807, 2.05) is 13.8 Å². The molecule has 2 rings (SSSR count). The van der Waals surface area contributed by atoms with Crippen LogP contribution in [0.3, 0.4) is 0 Å². The van der Waals surface area contributed by atoms with Gasteiger partial charge in [0.15, 0.2) is 0 Å². The third kappa shape index (κ3) is 5.16. The zero-order chi connectivity index (χ0) is 19.3. The van der Waals surface area contributed by atoms with Crippen LogP contribution in [-0.4, -0.2) is 61.2 Å². The number of thioether (sulfide) groups is 1. The number of rotatable bonds is 6. The molecule has 1 aliphatic rings. The van der Waals surface area contributed by atoms with E-state index in [1.54, 1.807) is 6.07 Å². The molecule has 9 nitrogen and oxygen atoms in total. The van der Waals surface area contributed by atoms with Gasteiger partial charge in [-0.3, -0.25) is 10.1 Å². The van der Waals surface area contributed by atoms with Crippen molar-refractivity contribution < 1.29 is 22.7 Å². The van der Waals surface area contributed by atoms with Crippen molar-refractivity contribution in [1.29, 1.82) is 0 Å². The number of carbonyl (C=O) groups excluding carboxylic acids is 2. The molecule has 0 aromatic carbocycles. The number of morpholine rings is 1. The van der Waals surface area contributed by atoms with Gasteiger partial charge >= 0.3 is 6.03 Å². The van der Waals surface area contributed by atoms with E-state index in [-0.39, 0.29) is 10.8 Å². The van der Waals surface area contributed by atoms with Crippen LogP contribution in [0.4, 0.5) is 4.79 Å². The largest absolute Gasteiger partial charge is 0.379 e. The fraction of sp³-hybridized carbons (Fsp3) is 0.533. The Bertz CT molecular complexity index is 746. The molecular formula is C15H22N4O5S2. The van der Waals surface area contributed by atoms with Crippen molar-refractivity contribution >= 4 is 33.7 Å². The van der Waals surface area contributed by atoms with E-state index in [0.717, 1.165) is 11.8 Å². The molecule has 0 bridgehead atoms. The Labute approximate surface area is 156 Å². The van der Waals surface area contributed by atoms with Gasteiger partial charge in [-0.05, 0) is 18.1 Å². The van der Waals surface area contributed by atoms with Crippen molar-refractivity contribution in [2.24, 2.45) is 11.7 Å². The van der Waals surface area contributed by atoms with Crippen LogP contribution in [0, 0.1) is 5.92 Å². The molecule has 11 heteroatoms. The molecule has 0 radical (unpaired) electrons. The number of nitrogens with one attached hydrogen (secondary N) is 1. The van der Waals surface area contributed by atoms with Crippen molar-refractivity contribution in [3.8, 4) is 0 Å². The molecule has 1 aromatic rings. The minimum Gasteiger partial charge on any atom is -0.379 e. The van der Waals surface area contributed by atoms with Crippen LogP contribution >= 0.6 is 11.8 Å². The molecule has 1 atom stereocenters. The van der Waals surface area contributed by atoms with Gasteiger partial charge in [0, 0.05) is 19.3 Å². The van der Waals surface area contributed by atoms with Gasteiger partial charge in [0.05, 0.1) is 23.5 Å². The first-order valence-electron chi connectivity index (χ1n) is 8.02. The number of urea groups is 1. The molecule has 2 heterocycles. The van der Waals surface area contributed by atoms with Crippen LogP contribution < -0.4 is 11.1 Å². The van der Waals surface area contributed by atoms with Crippen molar-refractivity contribution in [3.63, 3.8) is 0 Å². The van der Waals surface area contributed by atoms with Crippen LogP contribution in [0.1, 0.15) is 13.8 Å². The van der Waals surface area contributed by atoms with Crippen molar-refractivity contribution in [3.05, 3.63) is 18.3 Å². The molecule has 3 N–H and O–H groups in total. The lowest BCUT2D eigenvalue weighted by atomic mass is 10.1. The fourth-order valence-corrected chi connectivity index (χ4v) is 4.65. The molecule has 0 spiro atoms. The zero-order valence-corrected chi connectivity index (χ0v) is 16.2. The Morgan fingerprint density at radius 3 is 2.46 bits per heavy atom. The number of ether oxygens (including phenoxy) is 1. The summed E-state index contributed by atoms with van der Waals surface area (Å²) in [4.78, 5) is 27.2. The first kappa shape index (κ1) is 20.6. The lowest BCUT2D eigenvalue weighted by Gasteiger charge is -2.26. The number of hydrogen-bond acceptors (Lipinski definition) is 7. The molecule has 0 saturated carbocycles. The molecule has 1 fully saturated rings. The lowest BCUT2D eigenvalue weighted by Crippen LogP contribution is -2.42. The number of carbonyl (C=O) groups is 2. The highest BCUT2D eigenvalue weighted by atomic mass is 32.2. The SMILES string of the molecule is CC(C)[C@@H](Sc1ccc(S(=O)(=O)N2CCOCC2)cn1)C(=O)NC(N)=O. The van der Waals surface area contributed by atoms with E-state index < -0.39 is 27.2 Å². The summed E-state index contributed by atoms with van der Waals surface area (Å²) in [6.45, 7) is 5.01. The maximum Gasteiger partial charge on any atom is 0.318 e. The highest BCUT2D eigenvalue weighted by molar-refractivity contribution is 8.00. The predicted molar refractivity (Wildman–Crippen MR) is 96.0 cm³/mol. The lowest BCUT2D eigenvalue weighted by molar-refractivity contribution is -0.120. The zero-order valence-electron chi connectivity index (χ0n) is 14.5. The predicted octanol–water partition coefficient (Wildman–Crippen LogP) is 0.414. The van der Waals surface area contributed by atoms with Gasteiger partial charge in [0.2, 0.25) is 15.9 Å². The second-order valence-electron chi connectivity index (χ2n) is 5.98. The first-order valence-corrected chi connectivity index (χ1v) is 10.3. The van der Waals surface area contributed by atoms with E-state index in [0.29, 0.717) is 31.3 Å². The quantitative estimate of drug-likeness (QED) is 0.659. The third-order valence-electron chi connectivity index (χ3n) is 3.68. The van der Waals surface area contributed by atoms with E-state index in [9.17, 15) is 18.0 Å². The fourth-order valence-electron chi connectivity index (χ4n) is 2.34. The topological polar surface area (TPSA) is 132 Å². The minimum absolute atomic E-state index is 0.0853. The number of aromatic nitrogens is 1. The maximum atomic E-state index is 12.6. The van der Waals surface area contributed by atoms with Gasteiger partial charge in [-0.1, -0.05) is 25.6 Å². The van der Waals surface area contributed by atoms with Gasteiger partial charge in [0.25, 0.3) is 0 Å². The molecule has 0 aliphatic carbocycles. The maximum absolute atomic E-state index is 12.6. The molecule has 1 aromatic heterocycles. The Kier molecular flexibility index (Phi) is 6.98. The summed E-state index contributed by atoms with van der Waals surface area (Å²) in [5.74, 6) is -0.595. The van der Waals surface area contributed by atoms with E-state index in [1.165, 1.54) is 16.6 Å². The Hall–Kier alpha value is -1.69. The first-order chi connectivity index (χ1) is 12.2.